The molecule has 0 unspecified atom stereocenters. The van der Waals surface area contributed by atoms with Gasteiger partial charge in [-0.3, -0.25) is 11.8 Å². The Bertz CT molecular complexity index is 911. The van der Waals surface area contributed by atoms with Crippen molar-refractivity contribution in [3.05, 3.63) is 83.6 Å². The normalized spacial score (nSPS) is 9.45. The van der Waals surface area contributed by atoms with Crippen LogP contribution in [0, 0.1) is 49.4 Å². The maximum absolute atomic E-state index is 6.77. The third kappa shape index (κ3) is 31.3. The van der Waals surface area contributed by atoms with Crippen molar-refractivity contribution >= 4 is 15.8 Å². The molecule has 2 aromatic rings. The topological polar surface area (TPSA) is 0 Å². The van der Waals surface area contributed by atoms with E-state index in [9.17, 15) is 0 Å². The molecule has 0 aromatic heterocycles. The molecule has 0 saturated carbocycles. The molecule has 0 aliphatic rings. The van der Waals surface area contributed by atoms with E-state index < -0.39 is 0 Å². The summed E-state index contributed by atoms with van der Waals surface area (Å²) in [6.45, 7) is 13.9. The summed E-state index contributed by atoms with van der Waals surface area (Å²) in [6, 6.07) is 14.2. The third-order valence-corrected chi connectivity index (χ3v) is 14.1. The first-order valence-corrected chi connectivity index (χ1v) is 22.3. The molecule has 0 saturated heterocycles. The quantitative estimate of drug-likeness (QED) is 0.0796. The Labute approximate surface area is 311 Å². The van der Waals surface area contributed by atoms with E-state index in [0.29, 0.717) is 0 Å². The molecule has 0 atom stereocenters. The second kappa shape index (κ2) is 38.7. The number of unbranched alkanes of at least 4 members (excludes halogenated alkanes) is 6. The van der Waals surface area contributed by atoms with Crippen molar-refractivity contribution in [1.29, 1.82) is 0 Å². The van der Waals surface area contributed by atoms with Crippen LogP contribution in [0.4, 0.5) is 0 Å². The minimum absolute atomic E-state index is 0. The Balaban J connectivity index is -0.000000548. The van der Waals surface area contributed by atoms with Crippen LogP contribution in [0.25, 0.3) is 0 Å². The Morgan fingerprint density at radius 1 is 0.426 bits per heavy atom. The number of hydrogen-bond donors (Lipinski definition) is 0. The summed E-state index contributed by atoms with van der Waals surface area (Å²) in [7, 11) is 0.135. The van der Waals surface area contributed by atoms with Gasteiger partial charge in [0.15, 0.2) is 0 Å². The predicted octanol–water partition coefficient (Wildman–Crippen LogP) is 12.4. The Kier molecular flexibility index (Phi) is 40.8. The zero-order valence-electron chi connectivity index (χ0n) is 30.8. The van der Waals surface area contributed by atoms with E-state index >= 15 is 0 Å². The maximum atomic E-state index is 6.77. The van der Waals surface area contributed by atoms with Gasteiger partial charge in [0.05, 0.1) is 37.0 Å². The van der Waals surface area contributed by atoms with Crippen molar-refractivity contribution in [1.82, 2.24) is 0 Å². The fourth-order valence-corrected chi connectivity index (χ4v) is 11.2. The molecule has 2 rings (SSSR count). The minimum atomic E-state index is 0. The molecule has 0 amide bonds. The van der Waals surface area contributed by atoms with Crippen LogP contribution in [-0.2, 0) is 21.1 Å². The van der Waals surface area contributed by atoms with Crippen molar-refractivity contribution in [2.45, 2.75) is 119 Å². The Morgan fingerprint density at radius 2 is 0.617 bits per heavy atom. The standard InChI is InChI=1S/2C12H27P.2C10H5.Pt/c2*1-4-7-10-13(11-8-5-2)12-9-6-3;2*1-3-9-5-7-10(4-2)8-6-9;/h2*4-12H2,1-3H3;2*1,5-8H;/q;;2*-1;+2/p+2. The Morgan fingerprint density at radius 3 is 0.766 bits per heavy atom. The molecule has 0 bridgehead atoms. The second-order valence-electron chi connectivity index (χ2n) is 11.8. The summed E-state index contributed by atoms with van der Waals surface area (Å²) in [5, 5.41) is 0. The number of rotatable bonds is 18. The van der Waals surface area contributed by atoms with Crippen LogP contribution in [0.1, 0.15) is 141 Å². The van der Waals surface area contributed by atoms with Gasteiger partial charge < -0.3 is 12.8 Å². The van der Waals surface area contributed by atoms with Crippen LogP contribution in [0.5, 0.6) is 0 Å². The van der Waals surface area contributed by atoms with E-state index in [1.807, 2.05) is 0 Å². The van der Waals surface area contributed by atoms with Gasteiger partial charge in [0.2, 0.25) is 0 Å². The van der Waals surface area contributed by atoms with Gasteiger partial charge in [-0.15, -0.1) is 48.2 Å². The molecule has 3 heteroatoms. The fourth-order valence-electron chi connectivity index (χ4n) is 4.61. The average molecular weight is 852 g/mol. The second-order valence-corrected chi connectivity index (χ2v) is 17.8. The number of terminal acetylenes is 2. The van der Waals surface area contributed by atoms with Crippen LogP contribution in [0.15, 0.2) is 48.5 Å². The maximum Gasteiger partial charge on any atom is 2.00 e. The van der Waals surface area contributed by atoms with E-state index in [1.54, 1.807) is 85.5 Å². The minimum Gasteiger partial charge on any atom is -0.366 e. The summed E-state index contributed by atoms with van der Waals surface area (Å²) in [5.41, 5.74) is 3.16. The van der Waals surface area contributed by atoms with Gasteiger partial charge in [-0.1, -0.05) is 116 Å². The van der Waals surface area contributed by atoms with Crippen molar-refractivity contribution in [3.8, 4) is 36.5 Å². The van der Waals surface area contributed by atoms with E-state index in [1.165, 1.54) is 77.0 Å². The first-order valence-electron chi connectivity index (χ1n) is 18.1. The SMILES string of the molecule is CCCC[PH+](CCCC)CCCC.CCCC[PH+](CCCC)CCCC.[C-]#Cc1ccc(C#C)cc1.[C-]#Cc1ccc(C#C)cc1.[Pt+2]. The van der Waals surface area contributed by atoms with Gasteiger partial charge in [0.1, 0.15) is 0 Å². The van der Waals surface area contributed by atoms with Crippen LogP contribution in [0.3, 0.4) is 0 Å². The van der Waals surface area contributed by atoms with Gasteiger partial charge in [0.25, 0.3) is 0 Å². The van der Waals surface area contributed by atoms with Crippen LogP contribution in [0.2, 0.25) is 0 Å². The van der Waals surface area contributed by atoms with Gasteiger partial charge >= 0.3 is 21.1 Å². The Hall–Kier alpha value is -1.77. The van der Waals surface area contributed by atoms with Crippen LogP contribution < -0.4 is 0 Å². The van der Waals surface area contributed by atoms with Crippen molar-refractivity contribution in [2.24, 2.45) is 0 Å². The predicted molar refractivity (Wildman–Crippen MR) is 216 cm³/mol. The molecular formula is C44H66P2Pt+2. The third-order valence-electron chi connectivity index (χ3n) is 7.70. The van der Waals surface area contributed by atoms with Crippen molar-refractivity contribution in [2.75, 3.05) is 37.0 Å². The monoisotopic (exact) mass is 851 g/mol. The molecule has 260 valence electrons. The first-order chi connectivity index (χ1) is 22.4. The molecule has 0 fully saturated rings. The zero-order valence-corrected chi connectivity index (χ0v) is 35.1. The molecule has 0 nitrogen and oxygen atoms in total. The van der Waals surface area contributed by atoms with E-state index in [4.69, 9.17) is 25.7 Å². The van der Waals surface area contributed by atoms with E-state index in [0.717, 1.165) is 22.3 Å². The molecule has 47 heavy (non-hydrogen) atoms. The van der Waals surface area contributed by atoms with Crippen LogP contribution in [-0.4, -0.2) is 37.0 Å². The summed E-state index contributed by atoms with van der Waals surface area (Å²) >= 11 is 0. The molecule has 2 aromatic carbocycles. The van der Waals surface area contributed by atoms with E-state index in [-0.39, 0.29) is 36.9 Å². The van der Waals surface area contributed by atoms with Gasteiger partial charge in [-0.2, -0.15) is 0 Å². The number of benzene rings is 2. The molecule has 0 aliphatic heterocycles. The smallest absolute Gasteiger partial charge is 0.366 e. The van der Waals surface area contributed by atoms with E-state index in [2.05, 4.69) is 65.2 Å². The molecule has 0 aliphatic carbocycles. The summed E-state index contributed by atoms with van der Waals surface area (Å²) < 4.78 is 0. The molecule has 0 radical (unpaired) electrons. The summed E-state index contributed by atoms with van der Waals surface area (Å²) in [5.74, 6) is 9.50. The van der Waals surface area contributed by atoms with Crippen molar-refractivity contribution < 1.29 is 21.1 Å². The fraction of sp³-hybridized carbons (Fsp3) is 0.545. The summed E-state index contributed by atoms with van der Waals surface area (Å²) in [4.78, 5) is 0. The summed E-state index contributed by atoms with van der Waals surface area (Å²) in [6.07, 6.45) is 50.6. The average Bonchev–Trinajstić information content (AvgIpc) is 3.11. The first kappa shape index (κ1) is 49.6. The van der Waals surface area contributed by atoms with Crippen molar-refractivity contribution in [3.63, 3.8) is 0 Å². The van der Waals surface area contributed by atoms with Gasteiger partial charge in [0, 0.05) is 27.0 Å². The van der Waals surface area contributed by atoms with Crippen LogP contribution >= 0.6 is 15.8 Å². The zero-order chi connectivity index (χ0) is 34.7. The molecule has 0 N–H and O–H groups in total. The molecular weight excluding hydrogens is 786 g/mol. The molecule has 0 heterocycles. The largest absolute Gasteiger partial charge is 2.00 e. The number of hydrogen-bond acceptors (Lipinski definition) is 0. The molecule has 0 spiro atoms. The van der Waals surface area contributed by atoms with Gasteiger partial charge in [-0.25, -0.2) is 0 Å². The van der Waals surface area contributed by atoms with Gasteiger partial charge in [-0.05, 0) is 38.5 Å².